The van der Waals surface area contributed by atoms with Gasteiger partial charge in [0.2, 0.25) is 0 Å². The van der Waals surface area contributed by atoms with Gasteiger partial charge in [-0.3, -0.25) is 4.79 Å². The third kappa shape index (κ3) is 2.69. The van der Waals surface area contributed by atoms with Gasteiger partial charge in [-0.05, 0) is 29.6 Å². The zero-order valence-corrected chi connectivity index (χ0v) is 11.8. The van der Waals surface area contributed by atoms with Crippen LogP contribution < -0.4 is 5.73 Å². The van der Waals surface area contributed by atoms with Crippen LogP contribution in [0.1, 0.15) is 21.3 Å². The Morgan fingerprint density at radius 2 is 2.25 bits per heavy atom. The minimum absolute atomic E-state index is 0.0159. The molecule has 20 heavy (non-hydrogen) atoms. The lowest BCUT2D eigenvalue weighted by Crippen LogP contribution is -2.42. The second-order valence-electron chi connectivity index (χ2n) is 4.75. The Labute approximate surface area is 121 Å². The number of anilines is 1. The van der Waals surface area contributed by atoms with Crippen molar-refractivity contribution in [1.29, 1.82) is 0 Å². The first-order chi connectivity index (χ1) is 9.74. The van der Waals surface area contributed by atoms with Gasteiger partial charge in [0, 0.05) is 22.7 Å². The van der Waals surface area contributed by atoms with Crippen LogP contribution in [0.25, 0.3) is 0 Å². The molecule has 1 aromatic heterocycles. The molecule has 1 amide bonds. The molecule has 1 unspecified atom stereocenters. The zero-order valence-electron chi connectivity index (χ0n) is 11.0. The van der Waals surface area contributed by atoms with Crippen molar-refractivity contribution in [3.8, 4) is 0 Å². The Morgan fingerprint density at radius 3 is 3.00 bits per heavy atom. The molecule has 1 aromatic carbocycles. The highest BCUT2D eigenvalue weighted by atomic mass is 32.1. The number of nitrogens with zero attached hydrogens (tertiary/aromatic N) is 1. The number of carbonyl (C=O) groups excluding carboxylic acids is 1. The van der Waals surface area contributed by atoms with Gasteiger partial charge in [-0.15, -0.1) is 11.3 Å². The Kier molecular flexibility index (Phi) is 3.71. The number of carbonyl (C=O) groups is 1. The number of morpholine rings is 1. The fourth-order valence-corrected chi connectivity index (χ4v) is 3.10. The fourth-order valence-electron chi connectivity index (χ4n) is 2.33. The SMILES string of the molecule is Nc1cccc(C(=O)N2CCOC(c3cccs3)C2)c1. The van der Waals surface area contributed by atoms with E-state index in [0.29, 0.717) is 30.9 Å². The summed E-state index contributed by atoms with van der Waals surface area (Å²) in [4.78, 5) is 15.5. The average Bonchev–Trinajstić information content (AvgIpc) is 3.01. The van der Waals surface area contributed by atoms with Gasteiger partial charge in [0.25, 0.3) is 5.91 Å². The fraction of sp³-hybridized carbons (Fsp3) is 0.267. The van der Waals surface area contributed by atoms with E-state index in [4.69, 9.17) is 10.5 Å². The summed E-state index contributed by atoms with van der Waals surface area (Å²) in [6.07, 6.45) is -0.0197. The molecule has 4 nitrogen and oxygen atoms in total. The quantitative estimate of drug-likeness (QED) is 0.864. The predicted octanol–water partition coefficient (Wildman–Crippen LogP) is 2.54. The van der Waals surface area contributed by atoms with Gasteiger partial charge in [-0.1, -0.05) is 12.1 Å². The summed E-state index contributed by atoms with van der Waals surface area (Å²) in [7, 11) is 0. The average molecular weight is 288 g/mol. The monoisotopic (exact) mass is 288 g/mol. The van der Waals surface area contributed by atoms with Crippen LogP contribution in [-0.4, -0.2) is 30.5 Å². The van der Waals surface area contributed by atoms with Crippen LogP contribution in [0.4, 0.5) is 5.69 Å². The molecule has 0 radical (unpaired) electrons. The maximum atomic E-state index is 12.5. The van der Waals surface area contributed by atoms with E-state index in [1.54, 1.807) is 35.6 Å². The standard InChI is InChI=1S/C15H16N2O2S/c16-12-4-1-3-11(9-12)15(18)17-6-7-19-13(10-17)14-5-2-8-20-14/h1-5,8-9,13H,6-7,10,16H2. The first kappa shape index (κ1) is 13.1. The molecule has 0 bridgehead atoms. The first-order valence-corrected chi connectivity index (χ1v) is 7.42. The molecule has 0 aliphatic carbocycles. The summed E-state index contributed by atoms with van der Waals surface area (Å²) in [5, 5.41) is 2.03. The normalized spacial score (nSPS) is 19.0. The van der Waals surface area contributed by atoms with E-state index in [0.717, 1.165) is 4.88 Å². The molecule has 5 heteroatoms. The van der Waals surface area contributed by atoms with Gasteiger partial charge in [0.1, 0.15) is 6.10 Å². The van der Waals surface area contributed by atoms with Gasteiger partial charge in [0.15, 0.2) is 0 Å². The van der Waals surface area contributed by atoms with Crippen LogP contribution in [0.5, 0.6) is 0 Å². The lowest BCUT2D eigenvalue weighted by Gasteiger charge is -2.32. The topological polar surface area (TPSA) is 55.6 Å². The highest BCUT2D eigenvalue weighted by Crippen LogP contribution is 2.26. The number of nitrogens with two attached hydrogens (primary N) is 1. The van der Waals surface area contributed by atoms with Crippen molar-refractivity contribution >= 4 is 22.9 Å². The molecule has 3 rings (SSSR count). The summed E-state index contributed by atoms with van der Waals surface area (Å²) in [5.41, 5.74) is 6.98. The third-order valence-corrected chi connectivity index (χ3v) is 4.31. The lowest BCUT2D eigenvalue weighted by molar-refractivity contribution is -0.0211. The number of thiophene rings is 1. The van der Waals surface area contributed by atoms with Crippen molar-refractivity contribution in [3.05, 3.63) is 52.2 Å². The second kappa shape index (κ2) is 5.64. The molecule has 2 heterocycles. The molecular formula is C15H16N2O2S. The number of hydrogen-bond donors (Lipinski definition) is 1. The van der Waals surface area contributed by atoms with Gasteiger partial charge in [-0.25, -0.2) is 0 Å². The van der Waals surface area contributed by atoms with E-state index in [9.17, 15) is 4.79 Å². The summed E-state index contributed by atoms with van der Waals surface area (Å²) >= 11 is 1.66. The summed E-state index contributed by atoms with van der Waals surface area (Å²) < 4.78 is 5.75. The maximum Gasteiger partial charge on any atom is 0.254 e. The maximum absolute atomic E-state index is 12.5. The van der Waals surface area contributed by atoms with Gasteiger partial charge in [-0.2, -0.15) is 0 Å². The second-order valence-corrected chi connectivity index (χ2v) is 5.73. The molecule has 0 spiro atoms. The third-order valence-electron chi connectivity index (χ3n) is 3.35. The van der Waals surface area contributed by atoms with Gasteiger partial charge >= 0.3 is 0 Å². The van der Waals surface area contributed by atoms with E-state index in [1.807, 2.05) is 22.4 Å². The molecule has 0 saturated carbocycles. The Morgan fingerprint density at radius 1 is 1.35 bits per heavy atom. The van der Waals surface area contributed by atoms with Crippen molar-refractivity contribution in [2.45, 2.75) is 6.10 Å². The van der Waals surface area contributed by atoms with Crippen LogP contribution in [0.3, 0.4) is 0 Å². The largest absolute Gasteiger partial charge is 0.399 e. The predicted molar refractivity (Wildman–Crippen MR) is 79.8 cm³/mol. The van der Waals surface area contributed by atoms with Crippen molar-refractivity contribution in [1.82, 2.24) is 4.90 Å². The van der Waals surface area contributed by atoms with Crippen LogP contribution in [0.15, 0.2) is 41.8 Å². The molecule has 1 atom stereocenters. The van der Waals surface area contributed by atoms with Crippen LogP contribution in [0, 0.1) is 0 Å². The number of nitrogen functional groups attached to an aromatic ring is 1. The summed E-state index contributed by atoms with van der Waals surface area (Å²) in [6.45, 7) is 1.78. The van der Waals surface area contributed by atoms with Crippen LogP contribution in [0.2, 0.25) is 0 Å². The Bertz CT molecular complexity index is 598. The Balaban J connectivity index is 1.75. The minimum atomic E-state index is -0.0197. The van der Waals surface area contributed by atoms with Gasteiger partial charge < -0.3 is 15.4 Å². The van der Waals surface area contributed by atoms with E-state index in [-0.39, 0.29) is 12.0 Å². The molecule has 1 saturated heterocycles. The summed E-state index contributed by atoms with van der Waals surface area (Å²) in [6, 6.07) is 11.2. The number of amides is 1. The highest BCUT2D eigenvalue weighted by Gasteiger charge is 2.26. The molecule has 104 valence electrons. The van der Waals surface area contributed by atoms with Crippen LogP contribution >= 0.6 is 11.3 Å². The molecule has 1 aliphatic rings. The zero-order chi connectivity index (χ0) is 13.9. The smallest absolute Gasteiger partial charge is 0.254 e. The molecular weight excluding hydrogens is 272 g/mol. The van der Waals surface area contributed by atoms with E-state index < -0.39 is 0 Å². The number of hydrogen-bond acceptors (Lipinski definition) is 4. The van der Waals surface area contributed by atoms with Crippen molar-refractivity contribution in [2.24, 2.45) is 0 Å². The lowest BCUT2D eigenvalue weighted by atomic mass is 10.1. The molecule has 2 N–H and O–H groups in total. The molecule has 1 aliphatic heterocycles. The summed E-state index contributed by atoms with van der Waals surface area (Å²) in [5.74, 6) is 0.0159. The van der Waals surface area contributed by atoms with E-state index in [1.165, 1.54) is 0 Å². The van der Waals surface area contributed by atoms with Crippen LogP contribution in [-0.2, 0) is 4.74 Å². The van der Waals surface area contributed by atoms with E-state index in [2.05, 4.69) is 0 Å². The minimum Gasteiger partial charge on any atom is -0.399 e. The number of ether oxygens (including phenoxy) is 1. The van der Waals surface area contributed by atoms with Crippen molar-refractivity contribution < 1.29 is 9.53 Å². The molecule has 2 aromatic rings. The van der Waals surface area contributed by atoms with E-state index >= 15 is 0 Å². The highest BCUT2D eigenvalue weighted by molar-refractivity contribution is 7.10. The van der Waals surface area contributed by atoms with Gasteiger partial charge in [0.05, 0.1) is 13.2 Å². The number of rotatable bonds is 2. The van der Waals surface area contributed by atoms with Crippen molar-refractivity contribution in [2.75, 3.05) is 25.4 Å². The van der Waals surface area contributed by atoms with Crippen molar-refractivity contribution in [3.63, 3.8) is 0 Å². The number of benzene rings is 1. The Hall–Kier alpha value is -1.85. The first-order valence-electron chi connectivity index (χ1n) is 6.54. The molecule has 1 fully saturated rings.